The van der Waals surface area contributed by atoms with E-state index in [1.54, 1.807) is 36.6 Å². The molecule has 26 heavy (non-hydrogen) atoms. The van der Waals surface area contributed by atoms with Crippen LogP contribution in [0.1, 0.15) is 23.7 Å². The van der Waals surface area contributed by atoms with Crippen LogP contribution in [0.15, 0.2) is 71.3 Å². The average molecular weight is 353 g/mol. The van der Waals surface area contributed by atoms with Crippen molar-refractivity contribution in [3.8, 4) is 11.3 Å². The van der Waals surface area contributed by atoms with Crippen LogP contribution in [0.25, 0.3) is 11.3 Å². The van der Waals surface area contributed by atoms with E-state index in [1.807, 2.05) is 24.3 Å². The molecule has 1 aromatic heterocycles. The van der Waals surface area contributed by atoms with Crippen molar-refractivity contribution < 1.29 is 18.7 Å². The van der Waals surface area contributed by atoms with Crippen molar-refractivity contribution in [3.63, 3.8) is 0 Å². The zero-order valence-electron chi connectivity index (χ0n) is 14.2. The van der Waals surface area contributed by atoms with E-state index in [0.717, 1.165) is 11.3 Å². The van der Waals surface area contributed by atoms with Gasteiger partial charge in [0.25, 0.3) is 0 Å². The summed E-state index contributed by atoms with van der Waals surface area (Å²) < 4.78 is 18.9. The first kappa shape index (κ1) is 17.9. The molecule has 1 unspecified atom stereocenters. The van der Waals surface area contributed by atoms with E-state index in [2.05, 4.69) is 5.32 Å². The number of hydrogen-bond donors (Lipinski definition) is 2. The third-order valence-corrected chi connectivity index (χ3v) is 4.17. The molecule has 1 atom stereocenters. The van der Waals surface area contributed by atoms with Gasteiger partial charge in [0.2, 0.25) is 5.91 Å². The smallest absolute Gasteiger partial charge is 0.220 e. The van der Waals surface area contributed by atoms with E-state index in [0.29, 0.717) is 17.5 Å². The van der Waals surface area contributed by atoms with Gasteiger partial charge in [0.1, 0.15) is 11.6 Å². The lowest BCUT2D eigenvalue weighted by atomic mass is 10.1. The van der Waals surface area contributed by atoms with E-state index >= 15 is 0 Å². The molecule has 0 spiro atoms. The van der Waals surface area contributed by atoms with Crippen molar-refractivity contribution in [3.05, 3.63) is 83.9 Å². The maximum atomic E-state index is 13.5. The van der Waals surface area contributed by atoms with Gasteiger partial charge in [0.05, 0.1) is 12.4 Å². The van der Waals surface area contributed by atoms with Gasteiger partial charge in [-0.1, -0.05) is 42.5 Å². The Kier molecular flexibility index (Phi) is 5.81. The minimum absolute atomic E-state index is 0.107. The van der Waals surface area contributed by atoms with Crippen molar-refractivity contribution >= 4 is 5.91 Å². The molecule has 0 aliphatic rings. The Labute approximate surface area is 151 Å². The molecule has 2 N–H and O–H groups in total. The fourth-order valence-corrected chi connectivity index (χ4v) is 2.68. The van der Waals surface area contributed by atoms with Crippen molar-refractivity contribution in [2.24, 2.45) is 0 Å². The number of carbonyl (C=O) groups excluding carboxylic acids is 1. The van der Waals surface area contributed by atoms with Crippen LogP contribution in [0.2, 0.25) is 0 Å². The van der Waals surface area contributed by atoms with Crippen LogP contribution in [0.5, 0.6) is 0 Å². The SMILES string of the molecule is O=C(CCc1ccccc1F)NCC(O)c1ccc(-c2ccco2)cc1. The quantitative estimate of drug-likeness (QED) is 0.678. The minimum atomic E-state index is -0.807. The van der Waals surface area contributed by atoms with Crippen molar-refractivity contribution in [1.29, 1.82) is 0 Å². The lowest BCUT2D eigenvalue weighted by Gasteiger charge is -2.13. The molecule has 0 bridgehead atoms. The molecule has 0 fully saturated rings. The molecule has 4 nitrogen and oxygen atoms in total. The molecule has 5 heteroatoms. The van der Waals surface area contributed by atoms with Gasteiger partial charge in [-0.05, 0) is 35.7 Å². The molecule has 0 aliphatic carbocycles. The van der Waals surface area contributed by atoms with Crippen molar-refractivity contribution in [1.82, 2.24) is 5.32 Å². The van der Waals surface area contributed by atoms with Crippen LogP contribution in [0.3, 0.4) is 0 Å². The predicted molar refractivity (Wildman–Crippen MR) is 96.8 cm³/mol. The second-order valence-electron chi connectivity index (χ2n) is 6.01. The Morgan fingerprint density at radius 1 is 1.08 bits per heavy atom. The number of aliphatic hydroxyl groups is 1. The number of rotatable bonds is 7. The summed E-state index contributed by atoms with van der Waals surface area (Å²) in [7, 11) is 0. The summed E-state index contributed by atoms with van der Waals surface area (Å²) in [5.74, 6) is 0.226. The van der Waals surface area contributed by atoms with Crippen LogP contribution in [0.4, 0.5) is 4.39 Å². The van der Waals surface area contributed by atoms with Gasteiger partial charge in [0, 0.05) is 18.5 Å². The Balaban J connectivity index is 1.48. The number of hydrogen-bond acceptors (Lipinski definition) is 3. The maximum absolute atomic E-state index is 13.5. The number of benzene rings is 2. The number of aryl methyl sites for hydroxylation is 1. The van der Waals surface area contributed by atoms with Gasteiger partial charge in [0.15, 0.2) is 0 Å². The Hall–Kier alpha value is -2.92. The average Bonchev–Trinajstić information content (AvgIpc) is 3.20. The molecule has 0 saturated carbocycles. The fourth-order valence-electron chi connectivity index (χ4n) is 2.68. The van der Waals surface area contributed by atoms with Crippen LogP contribution < -0.4 is 5.32 Å². The lowest BCUT2D eigenvalue weighted by Crippen LogP contribution is -2.28. The molecular weight excluding hydrogens is 333 g/mol. The highest BCUT2D eigenvalue weighted by molar-refractivity contribution is 5.76. The monoisotopic (exact) mass is 353 g/mol. The van der Waals surface area contributed by atoms with Crippen LogP contribution in [0, 0.1) is 5.82 Å². The summed E-state index contributed by atoms with van der Waals surface area (Å²) in [5.41, 5.74) is 2.13. The number of halogens is 1. The third-order valence-electron chi connectivity index (χ3n) is 4.17. The molecule has 1 heterocycles. The standard InChI is InChI=1S/C21H20FNO3/c22-18-5-2-1-4-15(18)11-12-21(25)23-14-19(24)16-7-9-17(10-8-16)20-6-3-13-26-20/h1-10,13,19,24H,11-12,14H2,(H,23,25). The zero-order valence-corrected chi connectivity index (χ0v) is 14.2. The summed E-state index contributed by atoms with van der Waals surface area (Å²) in [5, 5.41) is 12.9. The molecule has 2 aromatic carbocycles. The second-order valence-corrected chi connectivity index (χ2v) is 6.01. The van der Waals surface area contributed by atoms with Gasteiger partial charge < -0.3 is 14.8 Å². The summed E-state index contributed by atoms with van der Waals surface area (Å²) >= 11 is 0. The van der Waals surface area contributed by atoms with Gasteiger partial charge >= 0.3 is 0 Å². The fraction of sp³-hybridized carbons (Fsp3) is 0.190. The van der Waals surface area contributed by atoms with E-state index in [9.17, 15) is 14.3 Å². The van der Waals surface area contributed by atoms with Crippen LogP contribution in [-0.2, 0) is 11.2 Å². The first-order chi connectivity index (χ1) is 12.6. The first-order valence-electron chi connectivity index (χ1n) is 8.45. The number of aliphatic hydroxyl groups excluding tert-OH is 1. The zero-order chi connectivity index (χ0) is 18.4. The molecule has 1 amide bonds. The van der Waals surface area contributed by atoms with E-state index in [4.69, 9.17) is 4.42 Å². The van der Waals surface area contributed by atoms with Gasteiger partial charge in [-0.2, -0.15) is 0 Å². The molecule has 3 aromatic rings. The second kappa shape index (κ2) is 8.45. The number of furan rings is 1. The number of amides is 1. The van der Waals surface area contributed by atoms with E-state index in [1.165, 1.54) is 6.07 Å². The lowest BCUT2D eigenvalue weighted by molar-refractivity contribution is -0.121. The Morgan fingerprint density at radius 2 is 1.85 bits per heavy atom. The van der Waals surface area contributed by atoms with Crippen LogP contribution >= 0.6 is 0 Å². The van der Waals surface area contributed by atoms with Crippen molar-refractivity contribution in [2.45, 2.75) is 18.9 Å². The molecule has 0 radical (unpaired) electrons. The largest absolute Gasteiger partial charge is 0.464 e. The van der Waals surface area contributed by atoms with E-state index < -0.39 is 6.10 Å². The molecule has 3 rings (SSSR count). The summed E-state index contributed by atoms with van der Waals surface area (Å²) in [6.07, 6.45) is 1.30. The molecular formula is C21H20FNO3. The summed E-state index contributed by atoms with van der Waals surface area (Å²) in [6, 6.07) is 17.4. The van der Waals surface area contributed by atoms with Crippen LogP contribution in [-0.4, -0.2) is 17.6 Å². The highest BCUT2D eigenvalue weighted by Crippen LogP contribution is 2.22. The Morgan fingerprint density at radius 3 is 2.54 bits per heavy atom. The van der Waals surface area contributed by atoms with E-state index in [-0.39, 0.29) is 24.7 Å². The van der Waals surface area contributed by atoms with Gasteiger partial charge in [-0.25, -0.2) is 4.39 Å². The number of nitrogens with one attached hydrogen (secondary N) is 1. The maximum Gasteiger partial charge on any atom is 0.220 e. The van der Waals surface area contributed by atoms with Crippen molar-refractivity contribution in [2.75, 3.05) is 6.54 Å². The Bertz CT molecular complexity index is 844. The summed E-state index contributed by atoms with van der Waals surface area (Å²) in [4.78, 5) is 11.9. The molecule has 134 valence electrons. The predicted octanol–water partition coefficient (Wildman–Crippen LogP) is 3.87. The van der Waals surface area contributed by atoms with Gasteiger partial charge in [-0.3, -0.25) is 4.79 Å². The normalized spacial score (nSPS) is 11.9. The highest BCUT2D eigenvalue weighted by Gasteiger charge is 2.11. The van der Waals surface area contributed by atoms with Gasteiger partial charge in [-0.15, -0.1) is 0 Å². The summed E-state index contributed by atoms with van der Waals surface area (Å²) in [6.45, 7) is 0.107. The minimum Gasteiger partial charge on any atom is -0.464 e. The number of carbonyl (C=O) groups is 1. The topological polar surface area (TPSA) is 62.5 Å². The molecule has 0 saturated heterocycles. The highest BCUT2D eigenvalue weighted by atomic mass is 19.1. The molecule has 0 aliphatic heterocycles. The third kappa shape index (κ3) is 4.58. The first-order valence-corrected chi connectivity index (χ1v) is 8.45.